The summed E-state index contributed by atoms with van der Waals surface area (Å²) in [6.07, 6.45) is 6.42. The predicted octanol–water partition coefficient (Wildman–Crippen LogP) is 0.733. The summed E-state index contributed by atoms with van der Waals surface area (Å²) in [5.41, 5.74) is 1.05. The first-order chi connectivity index (χ1) is 7.20. The lowest BCUT2D eigenvalue weighted by atomic mass is 10.0. The molecule has 4 heteroatoms. The van der Waals surface area contributed by atoms with E-state index in [4.69, 9.17) is 0 Å². The van der Waals surface area contributed by atoms with Crippen molar-refractivity contribution in [2.45, 2.75) is 38.5 Å². The van der Waals surface area contributed by atoms with Gasteiger partial charge >= 0.3 is 11.1 Å². The average molecular weight is 208 g/mol. The van der Waals surface area contributed by atoms with E-state index in [-0.39, 0.29) is 0 Å². The van der Waals surface area contributed by atoms with Crippen LogP contribution in [0.3, 0.4) is 0 Å². The molecule has 0 aliphatic heterocycles. The van der Waals surface area contributed by atoms with Crippen LogP contribution in [0.25, 0.3) is 0 Å². The molecule has 1 aromatic heterocycles. The van der Waals surface area contributed by atoms with Gasteiger partial charge in [0.05, 0.1) is 0 Å². The fraction of sp³-hybridized carbons (Fsp3) is 0.636. The van der Waals surface area contributed by atoms with E-state index < -0.39 is 11.1 Å². The highest BCUT2D eigenvalue weighted by Crippen LogP contribution is 2.15. The molecule has 0 bridgehead atoms. The third-order valence-electron chi connectivity index (χ3n) is 3.11. The molecule has 82 valence electrons. The maximum Gasteiger partial charge on any atom is 0.316 e. The van der Waals surface area contributed by atoms with E-state index in [2.05, 4.69) is 4.98 Å². The number of hydrogen-bond donors (Lipinski definition) is 1. The number of aromatic amines is 1. The third-order valence-corrected chi connectivity index (χ3v) is 3.11. The van der Waals surface area contributed by atoms with Crippen LogP contribution in [0.15, 0.2) is 9.59 Å². The monoisotopic (exact) mass is 208 g/mol. The number of fused-ring (bicyclic) bond motifs is 1. The highest BCUT2D eigenvalue weighted by molar-refractivity contribution is 5.13. The smallest absolute Gasteiger partial charge is 0.316 e. The summed E-state index contributed by atoms with van der Waals surface area (Å²) in [4.78, 5) is 25.5. The van der Waals surface area contributed by atoms with Gasteiger partial charge in [-0.05, 0) is 25.7 Å². The second kappa shape index (κ2) is 4.04. The second-order valence-electron chi connectivity index (χ2n) is 4.16. The Bertz CT molecular complexity index is 470. The highest BCUT2D eigenvalue weighted by Gasteiger charge is 2.12. The van der Waals surface area contributed by atoms with Crippen LogP contribution in [0.5, 0.6) is 0 Å². The van der Waals surface area contributed by atoms with Gasteiger partial charge in [-0.2, -0.15) is 0 Å². The standard InChI is InChI=1S/C11H16N2O2/c1-13-9-7-5-3-2-4-6-8(9)12-10(14)11(13)15/h2-7H2,1H3,(H,12,14). The molecule has 0 amide bonds. The Labute approximate surface area is 88.0 Å². The molecule has 1 aliphatic carbocycles. The van der Waals surface area contributed by atoms with Gasteiger partial charge in [0.1, 0.15) is 0 Å². The van der Waals surface area contributed by atoms with E-state index in [1.54, 1.807) is 7.05 Å². The fourth-order valence-electron chi connectivity index (χ4n) is 2.21. The molecule has 2 rings (SSSR count). The van der Waals surface area contributed by atoms with Crippen molar-refractivity contribution in [3.63, 3.8) is 0 Å². The Kier molecular flexibility index (Phi) is 2.75. The Morgan fingerprint density at radius 1 is 1.07 bits per heavy atom. The molecule has 0 saturated carbocycles. The van der Waals surface area contributed by atoms with Gasteiger partial charge in [0.15, 0.2) is 0 Å². The van der Waals surface area contributed by atoms with Gasteiger partial charge < -0.3 is 9.55 Å². The zero-order valence-corrected chi connectivity index (χ0v) is 9.01. The van der Waals surface area contributed by atoms with Crippen LogP contribution in [0.1, 0.15) is 37.1 Å². The third kappa shape index (κ3) is 1.89. The van der Waals surface area contributed by atoms with E-state index in [9.17, 15) is 9.59 Å². The largest absolute Gasteiger partial charge is 0.320 e. The number of rotatable bonds is 0. The molecule has 1 aromatic rings. The molecule has 1 heterocycles. The lowest BCUT2D eigenvalue weighted by Gasteiger charge is -2.15. The van der Waals surface area contributed by atoms with Gasteiger partial charge in [0, 0.05) is 18.4 Å². The molecule has 0 saturated heterocycles. The predicted molar refractivity (Wildman–Crippen MR) is 58.2 cm³/mol. The number of H-pyrrole nitrogens is 1. The first-order valence-corrected chi connectivity index (χ1v) is 5.51. The van der Waals surface area contributed by atoms with Crippen LogP contribution < -0.4 is 11.1 Å². The van der Waals surface area contributed by atoms with Gasteiger partial charge in [-0.25, -0.2) is 0 Å². The molecule has 0 aromatic carbocycles. The van der Waals surface area contributed by atoms with Crippen LogP contribution in [-0.4, -0.2) is 9.55 Å². The average Bonchev–Trinajstić information content (AvgIpc) is 2.18. The summed E-state index contributed by atoms with van der Waals surface area (Å²) in [6, 6.07) is 0. The van der Waals surface area contributed by atoms with Crippen LogP contribution in [0.4, 0.5) is 0 Å². The minimum absolute atomic E-state index is 0.436. The van der Waals surface area contributed by atoms with E-state index in [1.165, 1.54) is 17.4 Å². The minimum atomic E-state index is -0.489. The second-order valence-corrected chi connectivity index (χ2v) is 4.16. The molecular formula is C11H16N2O2. The zero-order valence-electron chi connectivity index (χ0n) is 9.01. The lowest BCUT2D eigenvalue weighted by molar-refractivity contribution is 0.573. The molecule has 1 N–H and O–H groups in total. The van der Waals surface area contributed by atoms with Crippen molar-refractivity contribution in [3.8, 4) is 0 Å². The molecule has 4 nitrogen and oxygen atoms in total. The summed E-state index contributed by atoms with van der Waals surface area (Å²) in [5.74, 6) is 0. The first kappa shape index (κ1) is 10.2. The van der Waals surface area contributed by atoms with Crippen LogP contribution in [0.2, 0.25) is 0 Å². The number of aromatic nitrogens is 2. The van der Waals surface area contributed by atoms with Gasteiger partial charge in [-0.15, -0.1) is 0 Å². The van der Waals surface area contributed by atoms with Gasteiger partial charge in [0.25, 0.3) is 0 Å². The van der Waals surface area contributed by atoms with E-state index in [0.29, 0.717) is 0 Å². The van der Waals surface area contributed by atoms with Crippen molar-refractivity contribution in [2.75, 3.05) is 0 Å². The van der Waals surface area contributed by atoms with Crippen LogP contribution in [-0.2, 0) is 19.9 Å². The van der Waals surface area contributed by atoms with Crippen molar-refractivity contribution >= 4 is 0 Å². The highest BCUT2D eigenvalue weighted by atomic mass is 16.2. The van der Waals surface area contributed by atoms with Crippen molar-refractivity contribution < 1.29 is 0 Å². The summed E-state index contributed by atoms with van der Waals surface area (Å²) in [7, 11) is 1.69. The molecular weight excluding hydrogens is 192 g/mol. The SMILES string of the molecule is Cn1c2c([nH]c(=O)c1=O)CCCCCC2. The Balaban J connectivity index is 2.57. The number of aryl methyl sites for hydroxylation is 1. The molecule has 0 unspecified atom stereocenters. The summed E-state index contributed by atoms with van der Waals surface area (Å²) in [6.45, 7) is 0. The zero-order chi connectivity index (χ0) is 10.8. The lowest BCUT2D eigenvalue weighted by Crippen LogP contribution is -2.38. The quantitative estimate of drug-likeness (QED) is 0.639. The van der Waals surface area contributed by atoms with E-state index >= 15 is 0 Å². The number of nitrogens with zero attached hydrogens (tertiary/aromatic N) is 1. The van der Waals surface area contributed by atoms with Crippen LogP contribution >= 0.6 is 0 Å². The summed E-state index contributed by atoms with van der Waals surface area (Å²) >= 11 is 0. The minimum Gasteiger partial charge on any atom is -0.320 e. The van der Waals surface area contributed by atoms with Crippen molar-refractivity contribution in [2.24, 2.45) is 7.05 Å². The fourth-order valence-corrected chi connectivity index (χ4v) is 2.21. The topological polar surface area (TPSA) is 54.9 Å². The van der Waals surface area contributed by atoms with Gasteiger partial charge in [0.2, 0.25) is 0 Å². The number of hydrogen-bond acceptors (Lipinski definition) is 2. The maximum atomic E-state index is 11.5. The summed E-state index contributed by atoms with van der Waals surface area (Å²) in [5, 5.41) is 0. The molecule has 0 spiro atoms. The van der Waals surface area contributed by atoms with E-state index in [1.807, 2.05) is 0 Å². The molecule has 0 fully saturated rings. The van der Waals surface area contributed by atoms with Gasteiger partial charge in [-0.1, -0.05) is 12.8 Å². The first-order valence-electron chi connectivity index (χ1n) is 5.51. The normalized spacial score (nSPS) is 16.6. The molecule has 0 radical (unpaired) electrons. The van der Waals surface area contributed by atoms with Crippen molar-refractivity contribution in [3.05, 3.63) is 32.1 Å². The molecule has 0 atom stereocenters. The van der Waals surface area contributed by atoms with Gasteiger partial charge in [-0.3, -0.25) is 9.59 Å². The molecule has 1 aliphatic rings. The Hall–Kier alpha value is -1.32. The van der Waals surface area contributed by atoms with Crippen LogP contribution in [0, 0.1) is 0 Å². The maximum absolute atomic E-state index is 11.5. The van der Waals surface area contributed by atoms with Crippen molar-refractivity contribution in [1.82, 2.24) is 9.55 Å². The van der Waals surface area contributed by atoms with E-state index in [0.717, 1.165) is 37.1 Å². The molecule has 15 heavy (non-hydrogen) atoms. The number of nitrogens with one attached hydrogen (secondary N) is 1. The summed E-state index contributed by atoms with van der Waals surface area (Å²) < 4.78 is 1.51. The van der Waals surface area contributed by atoms with Crippen molar-refractivity contribution in [1.29, 1.82) is 0 Å². The Morgan fingerprint density at radius 2 is 1.73 bits per heavy atom. The Morgan fingerprint density at radius 3 is 2.47 bits per heavy atom.